The lowest BCUT2D eigenvalue weighted by Crippen LogP contribution is -2.32. The van der Waals surface area contributed by atoms with Gasteiger partial charge in [0.05, 0.1) is 17.3 Å². The van der Waals surface area contributed by atoms with Crippen molar-refractivity contribution in [2.75, 3.05) is 11.4 Å². The van der Waals surface area contributed by atoms with Crippen LogP contribution in [0, 0.1) is 11.7 Å². The summed E-state index contributed by atoms with van der Waals surface area (Å²) < 4.78 is 18.3. The van der Waals surface area contributed by atoms with Gasteiger partial charge in [-0.15, -0.1) is 11.3 Å². The van der Waals surface area contributed by atoms with Gasteiger partial charge in [-0.3, -0.25) is 9.59 Å². The molecule has 1 fully saturated rings. The minimum absolute atomic E-state index is 0.127. The molecule has 0 spiro atoms. The summed E-state index contributed by atoms with van der Waals surface area (Å²) in [6.07, 6.45) is 0.127. The molecule has 4 rings (SSSR count). The van der Waals surface area contributed by atoms with Crippen molar-refractivity contribution in [3.8, 4) is 10.6 Å². The number of hydrogen-bond acceptors (Lipinski definition) is 5. The molecule has 0 bridgehead atoms. The van der Waals surface area contributed by atoms with E-state index in [-0.39, 0.29) is 37.1 Å². The zero-order valence-corrected chi connectivity index (χ0v) is 15.0. The van der Waals surface area contributed by atoms with Gasteiger partial charge in [-0.05, 0) is 35.7 Å². The smallest absolute Gasteiger partial charge is 0.227 e. The van der Waals surface area contributed by atoms with Gasteiger partial charge in [-0.1, -0.05) is 11.2 Å². The van der Waals surface area contributed by atoms with Crippen molar-refractivity contribution in [1.29, 1.82) is 0 Å². The van der Waals surface area contributed by atoms with Gasteiger partial charge in [-0.2, -0.15) is 0 Å². The maximum absolute atomic E-state index is 13.0. The average Bonchev–Trinajstić information content (AvgIpc) is 3.41. The highest BCUT2D eigenvalue weighted by molar-refractivity contribution is 7.13. The molecule has 6 nitrogen and oxygen atoms in total. The zero-order valence-electron chi connectivity index (χ0n) is 14.2. The third-order valence-corrected chi connectivity index (χ3v) is 5.29. The van der Waals surface area contributed by atoms with Crippen LogP contribution in [0.2, 0.25) is 0 Å². The van der Waals surface area contributed by atoms with Gasteiger partial charge in [0.15, 0.2) is 5.76 Å². The van der Waals surface area contributed by atoms with Crippen LogP contribution in [0.3, 0.4) is 0 Å². The number of rotatable bonds is 5. The SMILES string of the molecule is O=C(NCc1cc(-c2cccs2)on1)[C@H]1CC(=O)N(c2ccc(F)cc2)C1. The summed E-state index contributed by atoms with van der Waals surface area (Å²) in [5.74, 6) is -0.523. The van der Waals surface area contributed by atoms with E-state index in [9.17, 15) is 14.0 Å². The molecule has 1 aliphatic rings. The van der Waals surface area contributed by atoms with Crippen LogP contribution in [0.25, 0.3) is 10.6 Å². The molecule has 2 aromatic heterocycles. The fourth-order valence-corrected chi connectivity index (χ4v) is 3.68. The van der Waals surface area contributed by atoms with E-state index in [1.54, 1.807) is 17.4 Å². The van der Waals surface area contributed by atoms with Gasteiger partial charge < -0.3 is 14.7 Å². The Morgan fingerprint density at radius 1 is 1.33 bits per heavy atom. The predicted octanol–water partition coefficient (Wildman–Crippen LogP) is 3.21. The summed E-state index contributed by atoms with van der Waals surface area (Å²) in [4.78, 5) is 27.1. The summed E-state index contributed by atoms with van der Waals surface area (Å²) in [6, 6.07) is 11.3. The number of nitrogens with zero attached hydrogens (tertiary/aromatic N) is 2. The van der Waals surface area contributed by atoms with Crippen molar-refractivity contribution in [2.24, 2.45) is 5.92 Å². The number of nitrogens with one attached hydrogen (secondary N) is 1. The summed E-state index contributed by atoms with van der Waals surface area (Å²) in [6.45, 7) is 0.504. The van der Waals surface area contributed by atoms with Crippen LogP contribution in [0.15, 0.2) is 52.4 Å². The van der Waals surface area contributed by atoms with Gasteiger partial charge in [0.25, 0.3) is 0 Å². The molecule has 8 heteroatoms. The lowest BCUT2D eigenvalue weighted by molar-refractivity contribution is -0.126. The Labute approximate surface area is 158 Å². The van der Waals surface area contributed by atoms with Crippen molar-refractivity contribution in [2.45, 2.75) is 13.0 Å². The summed E-state index contributed by atoms with van der Waals surface area (Å²) in [5.41, 5.74) is 1.21. The van der Waals surface area contributed by atoms with Crippen molar-refractivity contribution >= 4 is 28.8 Å². The Balaban J connectivity index is 1.35. The van der Waals surface area contributed by atoms with E-state index in [0.717, 1.165) is 4.88 Å². The number of anilines is 1. The first kappa shape index (κ1) is 17.4. The lowest BCUT2D eigenvalue weighted by Gasteiger charge is -2.16. The molecule has 1 saturated heterocycles. The third-order valence-electron chi connectivity index (χ3n) is 4.40. The van der Waals surface area contributed by atoms with E-state index in [2.05, 4.69) is 10.5 Å². The van der Waals surface area contributed by atoms with Crippen LogP contribution >= 0.6 is 11.3 Å². The molecule has 0 radical (unpaired) electrons. The van der Waals surface area contributed by atoms with Gasteiger partial charge in [0, 0.05) is 24.7 Å². The van der Waals surface area contributed by atoms with Crippen molar-refractivity contribution in [1.82, 2.24) is 10.5 Å². The second-order valence-electron chi connectivity index (χ2n) is 6.26. The first-order chi connectivity index (χ1) is 13.1. The van der Waals surface area contributed by atoms with Crippen LogP contribution in [0.5, 0.6) is 0 Å². The van der Waals surface area contributed by atoms with Gasteiger partial charge >= 0.3 is 0 Å². The van der Waals surface area contributed by atoms with Crippen LogP contribution in [0.1, 0.15) is 12.1 Å². The van der Waals surface area contributed by atoms with Crippen molar-refractivity contribution in [3.63, 3.8) is 0 Å². The zero-order chi connectivity index (χ0) is 18.8. The number of hydrogen-bond donors (Lipinski definition) is 1. The predicted molar refractivity (Wildman–Crippen MR) is 98.5 cm³/mol. The van der Waals surface area contributed by atoms with E-state index in [0.29, 0.717) is 17.1 Å². The number of carbonyl (C=O) groups is 2. The number of halogens is 1. The fraction of sp³-hybridized carbons (Fsp3) is 0.211. The van der Waals surface area contributed by atoms with Crippen molar-refractivity contribution < 1.29 is 18.5 Å². The largest absolute Gasteiger partial charge is 0.355 e. The van der Waals surface area contributed by atoms with Gasteiger partial charge in [-0.25, -0.2) is 4.39 Å². The molecule has 2 amide bonds. The molecule has 0 aliphatic carbocycles. The molecule has 0 unspecified atom stereocenters. The summed E-state index contributed by atoms with van der Waals surface area (Å²) in [7, 11) is 0. The van der Waals surface area contributed by atoms with Crippen LogP contribution < -0.4 is 10.2 Å². The first-order valence-corrected chi connectivity index (χ1v) is 9.31. The molecule has 1 aliphatic heterocycles. The number of aromatic nitrogens is 1. The second-order valence-corrected chi connectivity index (χ2v) is 7.21. The molecule has 0 saturated carbocycles. The maximum Gasteiger partial charge on any atom is 0.227 e. The number of amides is 2. The van der Waals surface area contributed by atoms with E-state index in [1.807, 2.05) is 17.5 Å². The maximum atomic E-state index is 13.0. The minimum Gasteiger partial charge on any atom is -0.355 e. The van der Waals surface area contributed by atoms with E-state index in [1.165, 1.54) is 29.2 Å². The standard InChI is InChI=1S/C19H16FN3O3S/c20-13-3-5-15(6-4-13)23-11-12(8-18(23)24)19(25)21-10-14-9-16(26-22-14)17-2-1-7-27-17/h1-7,9,12H,8,10-11H2,(H,21,25)/t12-/m0/s1. The van der Waals surface area contributed by atoms with E-state index < -0.39 is 5.92 Å². The number of thiophene rings is 1. The molecular weight excluding hydrogens is 369 g/mol. The minimum atomic E-state index is -0.453. The Morgan fingerprint density at radius 2 is 2.15 bits per heavy atom. The monoisotopic (exact) mass is 385 g/mol. The fourth-order valence-electron chi connectivity index (χ4n) is 3.01. The van der Waals surface area contributed by atoms with Crippen LogP contribution in [-0.2, 0) is 16.1 Å². The Bertz CT molecular complexity index is 953. The van der Waals surface area contributed by atoms with Crippen molar-refractivity contribution in [3.05, 3.63) is 59.4 Å². The normalized spacial score (nSPS) is 16.7. The highest BCUT2D eigenvalue weighted by atomic mass is 32.1. The van der Waals surface area contributed by atoms with Gasteiger partial charge in [0.1, 0.15) is 11.5 Å². The van der Waals surface area contributed by atoms with E-state index >= 15 is 0 Å². The Kier molecular flexibility index (Phi) is 4.72. The quantitative estimate of drug-likeness (QED) is 0.732. The number of carbonyl (C=O) groups excluding carboxylic acids is 2. The number of benzene rings is 1. The van der Waals surface area contributed by atoms with Crippen LogP contribution in [0.4, 0.5) is 10.1 Å². The molecule has 138 valence electrons. The molecule has 27 heavy (non-hydrogen) atoms. The summed E-state index contributed by atoms with van der Waals surface area (Å²) in [5, 5.41) is 8.71. The molecule has 3 aromatic rings. The highest BCUT2D eigenvalue weighted by Gasteiger charge is 2.35. The Morgan fingerprint density at radius 3 is 2.89 bits per heavy atom. The van der Waals surface area contributed by atoms with E-state index in [4.69, 9.17) is 4.52 Å². The topological polar surface area (TPSA) is 75.4 Å². The Hall–Kier alpha value is -3.00. The molecule has 3 heterocycles. The lowest BCUT2D eigenvalue weighted by atomic mass is 10.1. The summed E-state index contributed by atoms with van der Waals surface area (Å²) >= 11 is 1.55. The molecule has 1 N–H and O–H groups in total. The first-order valence-electron chi connectivity index (χ1n) is 8.43. The van der Waals surface area contributed by atoms with Crippen LogP contribution in [-0.4, -0.2) is 23.5 Å². The third kappa shape index (κ3) is 3.75. The second kappa shape index (κ2) is 7.32. The van der Waals surface area contributed by atoms with Gasteiger partial charge in [0.2, 0.25) is 11.8 Å². The average molecular weight is 385 g/mol. The molecule has 1 atom stereocenters. The molecule has 1 aromatic carbocycles. The highest BCUT2D eigenvalue weighted by Crippen LogP contribution is 2.26. The molecular formula is C19H16FN3O3S.